The largest absolute Gasteiger partial charge is 0.494 e. The highest BCUT2D eigenvalue weighted by atomic mass is 35.5. The number of nitrogens with one attached hydrogen (secondary N) is 1. The van der Waals surface area contributed by atoms with Gasteiger partial charge in [0.25, 0.3) is 5.91 Å². The van der Waals surface area contributed by atoms with E-state index in [0.29, 0.717) is 22.8 Å². The number of carbonyl (C=O) groups excluding carboxylic acids is 1. The number of carbonyl (C=O) groups is 1. The van der Waals surface area contributed by atoms with Gasteiger partial charge in [0.1, 0.15) is 0 Å². The van der Waals surface area contributed by atoms with Crippen LogP contribution in [0.15, 0.2) is 36.5 Å². The van der Waals surface area contributed by atoms with Gasteiger partial charge in [-0.15, -0.1) is 0 Å². The van der Waals surface area contributed by atoms with Gasteiger partial charge in [-0.1, -0.05) is 35.9 Å². The first kappa shape index (κ1) is 19.9. The highest BCUT2D eigenvalue weighted by Gasteiger charge is 2.51. The van der Waals surface area contributed by atoms with Crippen LogP contribution in [0, 0.1) is 6.92 Å². The summed E-state index contributed by atoms with van der Waals surface area (Å²) in [7, 11) is -0.393. The van der Waals surface area contributed by atoms with E-state index in [-0.39, 0.29) is 17.1 Å². The summed E-state index contributed by atoms with van der Waals surface area (Å²) in [6, 6.07) is 9.46. The number of aromatic nitrogens is 1. The fourth-order valence-corrected chi connectivity index (χ4v) is 3.13. The fraction of sp³-hybridized carbons (Fsp3) is 0.400. The van der Waals surface area contributed by atoms with Crippen LogP contribution in [0.3, 0.4) is 0 Å². The number of pyridine rings is 1. The second-order valence-corrected chi connectivity index (χ2v) is 8.17. The van der Waals surface area contributed by atoms with Gasteiger partial charge in [-0.3, -0.25) is 9.78 Å². The van der Waals surface area contributed by atoms with E-state index in [1.807, 2.05) is 52.0 Å². The molecule has 0 radical (unpaired) electrons. The molecule has 1 aliphatic rings. The summed E-state index contributed by atoms with van der Waals surface area (Å²) < 4.78 is 12.1. The van der Waals surface area contributed by atoms with Gasteiger partial charge in [0.15, 0.2) is 0 Å². The second kappa shape index (κ2) is 7.26. The van der Waals surface area contributed by atoms with Gasteiger partial charge in [-0.2, -0.15) is 0 Å². The lowest BCUT2D eigenvalue weighted by molar-refractivity contribution is 0.00578. The first-order valence-electron chi connectivity index (χ1n) is 8.94. The van der Waals surface area contributed by atoms with Crippen LogP contribution < -0.4 is 10.8 Å². The van der Waals surface area contributed by atoms with Crippen molar-refractivity contribution in [3.63, 3.8) is 0 Å². The molecular weight excluding hydrogens is 362 g/mol. The highest BCUT2D eigenvalue weighted by Crippen LogP contribution is 2.36. The number of rotatable bonds is 4. The van der Waals surface area contributed by atoms with E-state index in [1.165, 1.54) is 0 Å². The first-order chi connectivity index (χ1) is 12.6. The number of aryl methyl sites for hydroxylation is 1. The molecule has 1 amide bonds. The molecule has 0 bridgehead atoms. The molecule has 1 aromatic carbocycles. The molecule has 0 aliphatic carbocycles. The molecule has 142 valence electrons. The Kier molecular flexibility index (Phi) is 5.34. The first-order valence-corrected chi connectivity index (χ1v) is 9.32. The molecule has 0 spiro atoms. The van der Waals surface area contributed by atoms with Gasteiger partial charge in [0.05, 0.1) is 27.5 Å². The van der Waals surface area contributed by atoms with Gasteiger partial charge in [0.2, 0.25) is 0 Å². The molecule has 7 heteroatoms. The van der Waals surface area contributed by atoms with Gasteiger partial charge in [0, 0.05) is 12.7 Å². The Balaban J connectivity index is 1.64. The molecule has 1 N–H and O–H groups in total. The molecule has 1 aliphatic heterocycles. The lowest BCUT2D eigenvalue weighted by Crippen LogP contribution is -2.41. The van der Waals surface area contributed by atoms with Crippen molar-refractivity contribution in [1.29, 1.82) is 0 Å². The minimum Gasteiger partial charge on any atom is -0.399 e. The van der Waals surface area contributed by atoms with E-state index in [9.17, 15) is 4.79 Å². The molecule has 1 aromatic heterocycles. The van der Waals surface area contributed by atoms with Crippen LogP contribution in [-0.2, 0) is 15.9 Å². The van der Waals surface area contributed by atoms with Gasteiger partial charge in [-0.25, -0.2) is 0 Å². The van der Waals surface area contributed by atoms with Crippen LogP contribution in [0.4, 0.5) is 0 Å². The Hall–Kier alpha value is -1.89. The van der Waals surface area contributed by atoms with E-state index in [4.69, 9.17) is 20.9 Å². The molecule has 27 heavy (non-hydrogen) atoms. The molecule has 0 unspecified atom stereocenters. The number of benzene rings is 1. The van der Waals surface area contributed by atoms with Crippen molar-refractivity contribution >= 4 is 30.1 Å². The van der Waals surface area contributed by atoms with E-state index in [1.54, 1.807) is 19.2 Å². The molecule has 3 rings (SSSR count). The minimum absolute atomic E-state index is 0.236. The van der Waals surface area contributed by atoms with Crippen molar-refractivity contribution in [2.24, 2.45) is 0 Å². The predicted octanol–water partition coefficient (Wildman–Crippen LogP) is 3.27. The van der Waals surface area contributed by atoms with Crippen LogP contribution >= 0.6 is 11.6 Å². The maximum absolute atomic E-state index is 12.4. The maximum atomic E-state index is 12.4. The molecular formula is C20H24BClN2O3. The number of hydrogen-bond donors (Lipinski definition) is 1. The van der Waals surface area contributed by atoms with Gasteiger partial charge in [-0.05, 0) is 51.7 Å². The molecule has 5 nitrogen and oxygen atoms in total. The summed E-state index contributed by atoms with van der Waals surface area (Å²) in [5.74, 6) is -0.236. The van der Waals surface area contributed by atoms with E-state index in [0.717, 1.165) is 11.0 Å². The quantitative estimate of drug-likeness (QED) is 0.819. The van der Waals surface area contributed by atoms with E-state index in [2.05, 4.69) is 10.3 Å². The van der Waals surface area contributed by atoms with Crippen LogP contribution in [0.2, 0.25) is 5.02 Å². The summed E-state index contributed by atoms with van der Waals surface area (Å²) in [4.78, 5) is 16.5. The second-order valence-electron chi connectivity index (χ2n) is 7.77. The average Bonchev–Trinajstić information content (AvgIpc) is 2.81. The number of halogens is 1. The average molecular weight is 387 g/mol. The van der Waals surface area contributed by atoms with Gasteiger partial charge >= 0.3 is 7.12 Å². The standard InChI is InChI=1S/C20H24BClN2O3/c1-13-17(16(22)10-11-23-13)18(25)24-12-14-6-8-15(9-7-14)21-26-19(2,3)20(4,5)27-21/h6-11H,12H2,1-5H3,(H,24,25). The molecule has 0 atom stereocenters. The fourth-order valence-electron chi connectivity index (χ4n) is 2.85. The third kappa shape index (κ3) is 4.03. The monoisotopic (exact) mass is 386 g/mol. The SMILES string of the molecule is Cc1nccc(Cl)c1C(=O)NCc1ccc(B2OC(C)(C)C(C)(C)O2)cc1. The summed E-state index contributed by atoms with van der Waals surface area (Å²) in [5, 5.41) is 3.29. The zero-order valence-corrected chi connectivity index (χ0v) is 17.1. The van der Waals surface area contributed by atoms with Crippen LogP contribution in [-0.4, -0.2) is 29.2 Å². The summed E-state index contributed by atoms with van der Waals surface area (Å²) in [6.45, 7) is 10.3. The summed E-state index contributed by atoms with van der Waals surface area (Å²) in [6.07, 6.45) is 1.59. The molecule has 1 fully saturated rings. The van der Waals surface area contributed by atoms with Crippen LogP contribution in [0.25, 0.3) is 0 Å². The van der Waals surface area contributed by atoms with Crippen LogP contribution in [0.1, 0.15) is 49.3 Å². The Labute approximate surface area is 165 Å². The Morgan fingerprint density at radius 2 is 1.70 bits per heavy atom. The van der Waals surface area contributed by atoms with Crippen molar-refractivity contribution in [2.75, 3.05) is 0 Å². The lowest BCUT2D eigenvalue weighted by atomic mass is 9.79. The zero-order chi connectivity index (χ0) is 19.8. The zero-order valence-electron chi connectivity index (χ0n) is 16.3. The number of amides is 1. The van der Waals surface area contributed by atoms with Crippen molar-refractivity contribution in [1.82, 2.24) is 10.3 Å². The van der Waals surface area contributed by atoms with Crippen molar-refractivity contribution < 1.29 is 14.1 Å². The Morgan fingerprint density at radius 3 is 2.26 bits per heavy atom. The lowest BCUT2D eigenvalue weighted by Gasteiger charge is -2.32. The topological polar surface area (TPSA) is 60.5 Å². The van der Waals surface area contributed by atoms with Crippen molar-refractivity contribution in [2.45, 2.75) is 52.4 Å². The van der Waals surface area contributed by atoms with E-state index >= 15 is 0 Å². The van der Waals surface area contributed by atoms with Crippen LogP contribution in [0.5, 0.6) is 0 Å². The normalized spacial score (nSPS) is 17.8. The molecule has 2 heterocycles. The molecule has 1 saturated heterocycles. The third-order valence-electron chi connectivity index (χ3n) is 5.27. The van der Waals surface area contributed by atoms with Gasteiger partial charge < -0.3 is 14.6 Å². The maximum Gasteiger partial charge on any atom is 0.494 e. The predicted molar refractivity (Wildman–Crippen MR) is 107 cm³/mol. The third-order valence-corrected chi connectivity index (χ3v) is 5.59. The smallest absolute Gasteiger partial charge is 0.399 e. The number of nitrogens with zero attached hydrogens (tertiary/aromatic N) is 1. The molecule has 2 aromatic rings. The summed E-state index contributed by atoms with van der Waals surface area (Å²) >= 11 is 6.12. The summed E-state index contributed by atoms with van der Waals surface area (Å²) in [5.41, 5.74) is 2.20. The number of hydrogen-bond acceptors (Lipinski definition) is 4. The highest BCUT2D eigenvalue weighted by molar-refractivity contribution is 6.62. The van der Waals surface area contributed by atoms with Crippen molar-refractivity contribution in [3.05, 3.63) is 58.4 Å². The Bertz CT molecular complexity index is 817. The van der Waals surface area contributed by atoms with Crippen molar-refractivity contribution in [3.8, 4) is 0 Å². The Morgan fingerprint density at radius 1 is 1.11 bits per heavy atom. The molecule has 0 saturated carbocycles. The minimum atomic E-state index is -0.393. The van der Waals surface area contributed by atoms with E-state index < -0.39 is 7.12 Å².